The second-order valence-electron chi connectivity index (χ2n) is 5.14. The number of hydrogen-bond donors (Lipinski definition) is 1. The second-order valence-corrected chi connectivity index (χ2v) is 5.14. The van der Waals surface area contributed by atoms with Gasteiger partial charge in [0, 0.05) is 12.6 Å². The molecule has 0 bridgehead atoms. The second kappa shape index (κ2) is 6.01. The molecule has 1 heterocycles. The summed E-state index contributed by atoms with van der Waals surface area (Å²) in [7, 11) is 0. The molecule has 0 aliphatic heterocycles. The van der Waals surface area contributed by atoms with E-state index in [4.69, 9.17) is 5.73 Å². The van der Waals surface area contributed by atoms with Crippen LogP contribution < -0.4 is 11.3 Å². The number of nitrogens with zero attached hydrogens (tertiary/aromatic N) is 2. The lowest BCUT2D eigenvalue weighted by Crippen LogP contribution is -2.25. The highest BCUT2D eigenvalue weighted by Gasteiger charge is 2.12. The summed E-state index contributed by atoms with van der Waals surface area (Å²) in [5.74, 6) is 0. The fraction of sp³-hybridized carbons (Fsp3) is 0.375. The minimum absolute atomic E-state index is 0.0807. The average Bonchev–Trinajstić information content (AvgIpc) is 2.44. The molecule has 4 heteroatoms. The summed E-state index contributed by atoms with van der Waals surface area (Å²) in [5.41, 5.74) is 10.4. The van der Waals surface area contributed by atoms with Crippen molar-refractivity contribution < 1.29 is 0 Å². The van der Waals surface area contributed by atoms with Crippen LogP contribution in [0.15, 0.2) is 35.1 Å². The molecule has 1 aromatic carbocycles. The number of aryl methyl sites for hydroxylation is 3. The van der Waals surface area contributed by atoms with Crippen LogP contribution in [-0.4, -0.2) is 9.78 Å². The van der Waals surface area contributed by atoms with Crippen molar-refractivity contribution in [3.8, 4) is 0 Å². The fourth-order valence-electron chi connectivity index (χ4n) is 2.13. The van der Waals surface area contributed by atoms with Gasteiger partial charge in [0.1, 0.15) is 0 Å². The lowest BCUT2D eigenvalue weighted by atomic mass is 9.99. The zero-order valence-corrected chi connectivity index (χ0v) is 12.3. The molecule has 0 radical (unpaired) electrons. The van der Waals surface area contributed by atoms with Gasteiger partial charge in [-0.2, -0.15) is 5.10 Å². The van der Waals surface area contributed by atoms with Crippen LogP contribution in [0.2, 0.25) is 0 Å². The van der Waals surface area contributed by atoms with E-state index in [-0.39, 0.29) is 11.6 Å². The van der Waals surface area contributed by atoms with Crippen LogP contribution in [0, 0.1) is 13.8 Å². The number of nitrogens with two attached hydrogens (primary N) is 1. The molecule has 1 unspecified atom stereocenters. The van der Waals surface area contributed by atoms with Crippen LogP contribution >= 0.6 is 0 Å². The molecule has 0 fully saturated rings. The summed E-state index contributed by atoms with van der Waals surface area (Å²) in [6.45, 7) is 6.78. The van der Waals surface area contributed by atoms with E-state index in [1.807, 2.05) is 13.0 Å². The molecule has 20 heavy (non-hydrogen) atoms. The molecule has 0 aliphatic carbocycles. The van der Waals surface area contributed by atoms with E-state index in [9.17, 15) is 4.79 Å². The normalized spacial score (nSPS) is 12.4. The van der Waals surface area contributed by atoms with Gasteiger partial charge in [-0.1, -0.05) is 25.1 Å². The molecule has 106 valence electrons. The highest BCUT2D eigenvalue weighted by molar-refractivity contribution is 5.34. The molecule has 0 amide bonds. The average molecular weight is 271 g/mol. The Morgan fingerprint density at radius 1 is 1.20 bits per heavy atom. The highest BCUT2D eigenvalue weighted by Crippen LogP contribution is 2.19. The van der Waals surface area contributed by atoms with Crippen LogP contribution in [0.4, 0.5) is 0 Å². The Morgan fingerprint density at radius 3 is 2.60 bits per heavy atom. The van der Waals surface area contributed by atoms with Crippen molar-refractivity contribution in [2.24, 2.45) is 5.73 Å². The van der Waals surface area contributed by atoms with Gasteiger partial charge in [-0.3, -0.25) is 4.79 Å². The first-order chi connectivity index (χ1) is 9.52. The molecule has 2 aromatic rings. The Labute approximate surface area is 119 Å². The van der Waals surface area contributed by atoms with Crippen LogP contribution in [0.5, 0.6) is 0 Å². The zero-order chi connectivity index (χ0) is 14.7. The maximum Gasteiger partial charge on any atom is 0.266 e. The van der Waals surface area contributed by atoms with Crippen molar-refractivity contribution in [2.75, 3.05) is 0 Å². The Kier molecular flexibility index (Phi) is 4.35. The standard InChI is InChI=1S/C16H21N3O/c1-4-9-19-15(20)8-7-14(18-19)16(17)13-6-5-11(2)12(3)10-13/h5-8,10,16H,4,9,17H2,1-3H3. The predicted octanol–water partition coefficient (Wildman–Crippen LogP) is 2.32. The number of rotatable bonds is 4. The van der Waals surface area contributed by atoms with E-state index in [0.717, 1.165) is 17.7 Å². The van der Waals surface area contributed by atoms with E-state index in [1.165, 1.54) is 15.8 Å². The van der Waals surface area contributed by atoms with E-state index in [2.05, 4.69) is 31.1 Å². The molecule has 0 saturated carbocycles. The molecular formula is C16H21N3O. The predicted molar refractivity (Wildman–Crippen MR) is 80.7 cm³/mol. The SMILES string of the molecule is CCCn1nc(C(N)c2ccc(C)c(C)c2)ccc1=O. The molecule has 2 N–H and O–H groups in total. The van der Waals surface area contributed by atoms with Crippen LogP contribution in [0.1, 0.15) is 41.8 Å². The first-order valence-corrected chi connectivity index (χ1v) is 6.93. The van der Waals surface area contributed by atoms with Crippen molar-refractivity contribution in [1.29, 1.82) is 0 Å². The molecular weight excluding hydrogens is 250 g/mol. The minimum Gasteiger partial charge on any atom is -0.319 e. The third kappa shape index (κ3) is 2.96. The summed E-state index contributed by atoms with van der Waals surface area (Å²) in [4.78, 5) is 11.7. The topological polar surface area (TPSA) is 60.9 Å². The van der Waals surface area contributed by atoms with Crippen molar-refractivity contribution in [3.63, 3.8) is 0 Å². The first kappa shape index (κ1) is 14.5. The summed E-state index contributed by atoms with van der Waals surface area (Å²) in [6.07, 6.45) is 0.870. The Bertz CT molecular complexity index is 661. The van der Waals surface area contributed by atoms with Gasteiger partial charge in [-0.15, -0.1) is 0 Å². The van der Waals surface area contributed by atoms with Gasteiger partial charge in [0.25, 0.3) is 5.56 Å². The molecule has 0 saturated heterocycles. The number of benzene rings is 1. The van der Waals surface area contributed by atoms with Crippen molar-refractivity contribution in [1.82, 2.24) is 9.78 Å². The van der Waals surface area contributed by atoms with Crippen LogP contribution in [0.25, 0.3) is 0 Å². The van der Waals surface area contributed by atoms with Gasteiger partial charge in [-0.05, 0) is 43.0 Å². The van der Waals surface area contributed by atoms with E-state index < -0.39 is 0 Å². The molecule has 0 aliphatic rings. The van der Waals surface area contributed by atoms with Gasteiger partial charge < -0.3 is 5.73 Å². The quantitative estimate of drug-likeness (QED) is 0.928. The van der Waals surface area contributed by atoms with Gasteiger partial charge in [0.2, 0.25) is 0 Å². The highest BCUT2D eigenvalue weighted by atomic mass is 16.1. The van der Waals surface area contributed by atoms with Gasteiger partial charge in [0.15, 0.2) is 0 Å². The Morgan fingerprint density at radius 2 is 1.95 bits per heavy atom. The van der Waals surface area contributed by atoms with E-state index in [1.54, 1.807) is 12.1 Å². The lowest BCUT2D eigenvalue weighted by Gasteiger charge is -2.14. The smallest absolute Gasteiger partial charge is 0.266 e. The molecule has 1 aromatic heterocycles. The third-order valence-corrected chi connectivity index (χ3v) is 3.53. The van der Waals surface area contributed by atoms with Gasteiger partial charge >= 0.3 is 0 Å². The molecule has 4 nitrogen and oxygen atoms in total. The Hall–Kier alpha value is -1.94. The maximum absolute atomic E-state index is 11.7. The summed E-state index contributed by atoms with van der Waals surface area (Å²) < 4.78 is 1.48. The zero-order valence-electron chi connectivity index (χ0n) is 12.3. The van der Waals surface area contributed by atoms with E-state index >= 15 is 0 Å². The maximum atomic E-state index is 11.7. The fourth-order valence-corrected chi connectivity index (χ4v) is 2.13. The van der Waals surface area contributed by atoms with Gasteiger partial charge in [0.05, 0.1) is 11.7 Å². The number of aromatic nitrogens is 2. The Balaban J connectivity index is 2.37. The lowest BCUT2D eigenvalue weighted by molar-refractivity contribution is 0.548. The first-order valence-electron chi connectivity index (χ1n) is 6.93. The largest absolute Gasteiger partial charge is 0.319 e. The summed E-state index contributed by atoms with van der Waals surface area (Å²) in [5, 5.41) is 4.37. The third-order valence-electron chi connectivity index (χ3n) is 3.53. The summed E-state index contributed by atoms with van der Waals surface area (Å²) in [6, 6.07) is 9.11. The van der Waals surface area contributed by atoms with Crippen molar-refractivity contribution in [3.05, 3.63) is 63.1 Å². The van der Waals surface area contributed by atoms with Crippen LogP contribution in [-0.2, 0) is 6.54 Å². The minimum atomic E-state index is -0.307. The molecule has 0 spiro atoms. The van der Waals surface area contributed by atoms with Crippen LogP contribution in [0.3, 0.4) is 0 Å². The molecule has 1 atom stereocenters. The monoisotopic (exact) mass is 271 g/mol. The number of hydrogen-bond acceptors (Lipinski definition) is 3. The van der Waals surface area contributed by atoms with Gasteiger partial charge in [-0.25, -0.2) is 4.68 Å². The van der Waals surface area contributed by atoms with Crippen molar-refractivity contribution in [2.45, 2.75) is 39.8 Å². The molecule has 2 rings (SSSR count). The van der Waals surface area contributed by atoms with E-state index in [0.29, 0.717) is 6.54 Å². The summed E-state index contributed by atoms with van der Waals surface area (Å²) >= 11 is 0. The van der Waals surface area contributed by atoms with Crippen molar-refractivity contribution >= 4 is 0 Å².